The summed E-state index contributed by atoms with van der Waals surface area (Å²) < 4.78 is 29.6. The standard InChI is InChI=1S/C6H10O4S/c7-5-3-1-2-4-6(5)11(8,9)10/h6H,1-4H2,(H,8,9,10)/t6-/m1/s1. The molecule has 0 unspecified atom stereocenters. The molecule has 5 heteroatoms. The van der Waals surface area contributed by atoms with Crippen LogP contribution in [0.4, 0.5) is 0 Å². The summed E-state index contributed by atoms with van der Waals surface area (Å²) in [5.41, 5.74) is 0. The van der Waals surface area contributed by atoms with Gasteiger partial charge in [-0.15, -0.1) is 0 Å². The van der Waals surface area contributed by atoms with Gasteiger partial charge in [-0.25, -0.2) is 0 Å². The molecular formula is C6H10O4S. The van der Waals surface area contributed by atoms with Crippen LogP contribution in [0.1, 0.15) is 25.7 Å². The SMILES string of the molecule is O=C1CCCC[C@H]1S(=O)(=O)O. The van der Waals surface area contributed by atoms with E-state index in [9.17, 15) is 13.2 Å². The number of carbonyl (C=O) groups is 1. The van der Waals surface area contributed by atoms with Crippen molar-refractivity contribution in [3.63, 3.8) is 0 Å². The molecule has 0 aromatic carbocycles. The fraction of sp³-hybridized carbons (Fsp3) is 0.833. The molecule has 0 spiro atoms. The molecule has 1 N–H and O–H groups in total. The maximum atomic E-state index is 10.9. The summed E-state index contributed by atoms with van der Waals surface area (Å²) in [7, 11) is -4.12. The topological polar surface area (TPSA) is 71.4 Å². The van der Waals surface area contributed by atoms with Crippen molar-refractivity contribution in [3.05, 3.63) is 0 Å². The van der Waals surface area contributed by atoms with Gasteiger partial charge in [0.05, 0.1) is 0 Å². The third-order valence-electron chi connectivity index (χ3n) is 1.86. The van der Waals surface area contributed by atoms with E-state index < -0.39 is 15.4 Å². The molecule has 4 nitrogen and oxygen atoms in total. The van der Waals surface area contributed by atoms with Gasteiger partial charge < -0.3 is 0 Å². The Morgan fingerprint density at radius 3 is 2.36 bits per heavy atom. The van der Waals surface area contributed by atoms with E-state index in [4.69, 9.17) is 4.55 Å². The summed E-state index contributed by atoms with van der Waals surface area (Å²) in [5.74, 6) is -0.348. The predicted octanol–water partition coefficient (Wildman–Crippen LogP) is 0.386. The first-order chi connectivity index (χ1) is 5.02. The van der Waals surface area contributed by atoms with Crippen molar-refractivity contribution in [2.75, 3.05) is 0 Å². The molecule has 1 aliphatic rings. The average Bonchev–Trinajstić information content (AvgIpc) is 1.86. The van der Waals surface area contributed by atoms with Gasteiger partial charge in [0.2, 0.25) is 0 Å². The van der Waals surface area contributed by atoms with E-state index in [0.29, 0.717) is 6.42 Å². The Labute approximate surface area is 65.3 Å². The molecule has 1 fully saturated rings. The molecule has 0 aromatic heterocycles. The van der Waals surface area contributed by atoms with Crippen LogP contribution < -0.4 is 0 Å². The molecular weight excluding hydrogens is 168 g/mol. The number of hydrogen-bond acceptors (Lipinski definition) is 3. The van der Waals surface area contributed by atoms with Gasteiger partial charge in [0.25, 0.3) is 10.1 Å². The van der Waals surface area contributed by atoms with Crippen LogP contribution in [0.25, 0.3) is 0 Å². The molecule has 64 valence electrons. The summed E-state index contributed by atoms with van der Waals surface area (Å²) >= 11 is 0. The lowest BCUT2D eigenvalue weighted by molar-refractivity contribution is -0.119. The Morgan fingerprint density at radius 2 is 2.00 bits per heavy atom. The van der Waals surface area contributed by atoms with E-state index in [0.717, 1.165) is 6.42 Å². The van der Waals surface area contributed by atoms with Crippen molar-refractivity contribution in [3.8, 4) is 0 Å². The first kappa shape index (κ1) is 8.67. The molecule has 0 aromatic rings. The smallest absolute Gasteiger partial charge is 0.274 e. The lowest BCUT2D eigenvalue weighted by atomic mass is 9.99. The molecule has 0 aliphatic heterocycles. The minimum atomic E-state index is -4.12. The van der Waals surface area contributed by atoms with E-state index in [1.54, 1.807) is 0 Å². The summed E-state index contributed by atoms with van der Waals surface area (Å²) in [4.78, 5) is 10.9. The molecule has 1 saturated carbocycles. The summed E-state index contributed by atoms with van der Waals surface area (Å²) in [6, 6.07) is 0. The zero-order chi connectivity index (χ0) is 8.48. The molecule has 1 atom stereocenters. The highest BCUT2D eigenvalue weighted by Gasteiger charge is 2.32. The Balaban J connectivity index is 2.78. The zero-order valence-electron chi connectivity index (χ0n) is 5.99. The molecule has 0 bridgehead atoms. The molecule has 1 aliphatic carbocycles. The number of carbonyl (C=O) groups excluding carboxylic acids is 1. The Morgan fingerprint density at radius 1 is 1.36 bits per heavy atom. The molecule has 0 saturated heterocycles. The summed E-state index contributed by atoms with van der Waals surface area (Å²) in [6.07, 6.45) is 2.00. The highest BCUT2D eigenvalue weighted by atomic mass is 32.2. The number of hydrogen-bond donors (Lipinski definition) is 1. The van der Waals surface area contributed by atoms with E-state index in [-0.39, 0.29) is 18.6 Å². The number of ketones is 1. The monoisotopic (exact) mass is 178 g/mol. The fourth-order valence-electron chi connectivity index (χ4n) is 1.27. The van der Waals surface area contributed by atoms with Gasteiger partial charge in [-0.1, -0.05) is 6.42 Å². The van der Waals surface area contributed by atoms with Crippen LogP contribution in [-0.4, -0.2) is 24.0 Å². The Hall–Kier alpha value is -0.420. The second kappa shape index (κ2) is 2.91. The Kier molecular flexibility index (Phi) is 2.29. The van der Waals surface area contributed by atoms with Gasteiger partial charge in [0, 0.05) is 6.42 Å². The van der Waals surface area contributed by atoms with Crippen LogP contribution in [-0.2, 0) is 14.9 Å². The second-order valence-electron chi connectivity index (χ2n) is 2.72. The third kappa shape index (κ3) is 2.00. The normalized spacial score (nSPS) is 27.0. The second-order valence-corrected chi connectivity index (χ2v) is 4.31. The minimum Gasteiger partial charge on any atom is -0.298 e. The van der Waals surface area contributed by atoms with Crippen LogP contribution >= 0.6 is 0 Å². The van der Waals surface area contributed by atoms with Crippen molar-refractivity contribution in [2.24, 2.45) is 0 Å². The Bertz CT molecular complexity index is 254. The van der Waals surface area contributed by atoms with Crippen LogP contribution in [0.15, 0.2) is 0 Å². The predicted molar refractivity (Wildman–Crippen MR) is 38.8 cm³/mol. The lowest BCUT2D eigenvalue weighted by Crippen LogP contribution is -2.32. The van der Waals surface area contributed by atoms with Gasteiger partial charge >= 0.3 is 0 Å². The largest absolute Gasteiger partial charge is 0.298 e. The van der Waals surface area contributed by atoms with Crippen molar-refractivity contribution in [1.29, 1.82) is 0 Å². The van der Waals surface area contributed by atoms with E-state index >= 15 is 0 Å². The van der Waals surface area contributed by atoms with Crippen molar-refractivity contribution in [2.45, 2.75) is 30.9 Å². The maximum absolute atomic E-state index is 10.9. The highest BCUT2D eigenvalue weighted by molar-refractivity contribution is 7.87. The zero-order valence-corrected chi connectivity index (χ0v) is 6.80. The minimum absolute atomic E-state index is 0.275. The third-order valence-corrected chi connectivity index (χ3v) is 3.08. The fourth-order valence-corrected chi connectivity index (χ4v) is 2.18. The van der Waals surface area contributed by atoms with Gasteiger partial charge in [-0.2, -0.15) is 8.42 Å². The summed E-state index contributed by atoms with van der Waals surface area (Å²) in [5, 5.41) is -1.14. The molecule has 0 amide bonds. The van der Waals surface area contributed by atoms with Crippen LogP contribution in [0, 0.1) is 0 Å². The van der Waals surface area contributed by atoms with E-state index in [2.05, 4.69) is 0 Å². The molecule has 0 heterocycles. The average molecular weight is 178 g/mol. The van der Waals surface area contributed by atoms with E-state index in [1.807, 2.05) is 0 Å². The first-order valence-electron chi connectivity index (χ1n) is 3.51. The number of Topliss-reactive ketones (excluding diaryl/α,β-unsaturated/α-hetero) is 1. The quantitative estimate of drug-likeness (QED) is 0.589. The van der Waals surface area contributed by atoms with E-state index in [1.165, 1.54) is 0 Å². The van der Waals surface area contributed by atoms with Gasteiger partial charge in [-0.3, -0.25) is 9.35 Å². The van der Waals surface area contributed by atoms with Gasteiger partial charge in [0.15, 0.2) is 5.78 Å². The van der Waals surface area contributed by atoms with Gasteiger partial charge in [-0.05, 0) is 12.8 Å². The van der Waals surface area contributed by atoms with Gasteiger partial charge in [0.1, 0.15) is 5.25 Å². The molecule has 0 radical (unpaired) electrons. The van der Waals surface area contributed by atoms with Crippen LogP contribution in [0.3, 0.4) is 0 Å². The van der Waals surface area contributed by atoms with Crippen LogP contribution in [0.5, 0.6) is 0 Å². The van der Waals surface area contributed by atoms with Crippen LogP contribution in [0.2, 0.25) is 0 Å². The maximum Gasteiger partial charge on any atom is 0.274 e. The number of rotatable bonds is 1. The molecule has 11 heavy (non-hydrogen) atoms. The first-order valence-corrected chi connectivity index (χ1v) is 5.01. The lowest BCUT2D eigenvalue weighted by Gasteiger charge is -2.16. The van der Waals surface area contributed by atoms with Crippen molar-refractivity contribution >= 4 is 15.9 Å². The van der Waals surface area contributed by atoms with Crippen molar-refractivity contribution < 1.29 is 17.8 Å². The highest BCUT2D eigenvalue weighted by Crippen LogP contribution is 2.19. The molecule has 1 rings (SSSR count). The van der Waals surface area contributed by atoms with Crippen molar-refractivity contribution in [1.82, 2.24) is 0 Å². The summed E-state index contributed by atoms with van der Waals surface area (Å²) in [6.45, 7) is 0.